The topological polar surface area (TPSA) is 114 Å². The number of rotatable bonds is 10. The summed E-state index contributed by atoms with van der Waals surface area (Å²) in [6.45, 7) is 4.94. The molecule has 1 amide bonds. The van der Waals surface area contributed by atoms with Crippen molar-refractivity contribution >= 4 is 25.3 Å². The van der Waals surface area contributed by atoms with Crippen LogP contribution in [0.3, 0.4) is 0 Å². The molecule has 32 heavy (non-hydrogen) atoms. The zero-order valence-corrected chi connectivity index (χ0v) is 18.7. The van der Waals surface area contributed by atoms with E-state index in [9.17, 15) is 19.1 Å². The van der Waals surface area contributed by atoms with Gasteiger partial charge in [0.25, 0.3) is 11.5 Å². The van der Waals surface area contributed by atoms with Gasteiger partial charge in [0.15, 0.2) is 14.1 Å². The molecule has 0 saturated carbocycles. The van der Waals surface area contributed by atoms with Crippen LogP contribution in [0.25, 0.3) is 11.0 Å². The number of carbonyl (C=O) groups excluding carboxylic acids is 1. The number of halogens is 1. The summed E-state index contributed by atoms with van der Waals surface area (Å²) < 4.78 is 24.0. The van der Waals surface area contributed by atoms with Gasteiger partial charge < -0.3 is 24.5 Å². The first-order valence-corrected chi connectivity index (χ1v) is 11.6. The number of aromatic hydroxyl groups is 1. The molecule has 1 aromatic carbocycles. The van der Waals surface area contributed by atoms with Gasteiger partial charge in [-0.1, -0.05) is 12.1 Å². The lowest BCUT2D eigenvalue weighted by molar-refractivity contribution is 0.0951. The van der Waals surface area contributed by atoms with Gasteiger partial charge in [-0.3, -0.25) is 14.6 Å². The lowest BCUT2D eigenvalue weighted by atomic mass is 10.1. The molecule has 2 heterocycles. The van der Waals surface area contributed by atoms with Crippen LogP contribution in [-0.2, 0) is 15.5 Å². The zero-order valence-electron chi connectivity index (χ0n) is 17.9. The van der Waals surface area contributed by atoms with Crippen molar-refractivity contribution in [3.63, 3.8) is 0 Å². The summed E-state index contributed by atoms with van der Waals surface area (Å²) >= 11 is 0. The Balaban J connectivity index is 1.76. The molecule has 3 rings (SSSR count). The maximum absolute atomic E-state index is 13.1. The summed E-state index contributed by atoms with van der Waals surface area (Å²) in [6.07, 6.45) is 2.47. The van der Waals surface area contributed by atoms with Crippen LogP contribution >= 0.6 is 8.38 Å². The number of pyridine rings is 2. The predicted molar refractivity (Wildman–Crippen MR) is 121 cm³/mol. The van der Waals surface area contributed by atoms with Gasteiger partial charge in [0.1, 0.15) is 16.9 Å². The molecule has 0 spiro atoms. The van der Waals surface area contributed by atoms with E-state index in [-0.39, 0.29) is 17.9 Å². The third-order valence-corrected chi connectivity index (χ3v) is 6.24. The summed E-state index contributed by atoms with van der Waals surface area (Å²) in [5.74, 6) is -1.50. The number of nitrogens with zero attached hydrogens (tertiary/aromatic N) is 1. The van der Waals surface area contributed by atoms with Crippen LogP contribution in [0.4, 0.5) is 4.39 Å². The van der Waals surface area contributed by atoms with Crippen molar-refractivity contribution in [2.24, 2.45) is 0 Å². The van der Waals surface area contributed by atoms with E-state index in [0.717, 1.165) is 11.1 Å². The van der Waals surface area contributed by atoms with Gasteiger partial charge in [0.05, 0.1) is 18.7 Å². The lowest BCUT2D eigenvalue weighted by Gasteiger charge is -2.16. The minimum Gasteiger partial charge on any atom is -0.505 e. The Morgan fingerprint density at radius 1 is 1.19 bits per heavy atom. The predicted octanol–water partition coefficient (Wildman–Crippen LogP) is 3.47. The molecular formula is C22H25FN3O5P. The van der Waals surface area contributed by atoms with Crippen LogP contribution in [0.2, 0.25) is 0 Å². The molecule has 0 bridgehead atoms. The van der Waals surface area contributed by atoms with E-state index in [1.807, 2.05) is 13.8 Å². The van der Waals surface area contributed by atoms with Crippen LogP contribution in [0, 0.1) is 5.82 Å². The fourth-order valence-corrected chi connectivity index (χ4v) is 4.35. The van der Waals surface area contributed by atoms with Crippen molar-refractivity contribution in [1.29, 1.82) is 0 Å². The largest absolute Gasteiger partial charge is 0.505 e. The third-order valence-electron chi connectivity index (χ3n) is 4.56. The number of carbonyl (C=O) groups is 1. The Labute approximate surface area is 185 Å². The minimum atomic E-state index is -1.13. The fourth-order valence-electron chi connectivity index (χ4n) is 3.15. The van der Waals surface area contributed by atoms with Crippen molar-refractivity contribution in [3.8, 4) is 5.75 Å². The van der Waals surface area contributed by atoms with E-state index < -0.39 is 31.2 Å². The molecule has 0 saturated heterocycles. The van der Waals surface area contributed by atoms with E-state index in [1.54, 1.807) is 24.4 Å². The van der Waals surface area contributed by atoms with E-state index in [4.69, 9.17) is 9.05 Å². The SMILES string of the molecule is CCOP(CCNC(=O)c1c(O)c2ncc(Cc3ccc(F)cc3)cc2[nH]c1=O)OCC. The fraction of sp³-hybridized carbons (Fsp3) is 0.318. The number of H-pyrrole nitrogens is 1. The number of aromatic amines is 1. The quantitative estimate of drug-likeness (QED) is 0.399. The Bertz CT molecular complexity index is 1130. The zero-order chi connectivity index (χ0) is 23.1. The monoisotopic (exact) mass is 461 g/mol. The smallest absolute Gasteiger partial charge is 0.265 e. The first-order chi connectivity index (χ1) is 15.4. The van der Waals surface area contributed by atoms with E-state index in [0.29, 0.717) is 31.3 Å². The highest BCUT2D eigenvalue weighted by atomic mass is 31.2. The van der Waals surface area contributed by atoms with Crippen molar-refractivity contribution in [1.82, 2.24) is 15.3 Å². The molecule has 2 aromatic heterocycles. The molecule has 0 radical (unpaired) electrons. The molecule has 0 unspecified atom stereocenters. The summed E-state index contributed by atoms with van der Waals surface area (Å²) in [7, 11) is -1.13. The number of nitrogens with one attached hydrogen (secondary N) is 2. The van der Waals surface area contributed by atoms with Gasteiger partial charge >= 0.3 is 0 Å². The number of fused-ring (bicyclic) bond motifs is 1. The summed E-state index contributed by atoms with van der Waals surface area (Å²) in [4.78, 5) is 31.9. The van der Waals surface area contributed by atoms with Gasteiger partial charge in [-0.25, -0.2) is 4.39 Å². The summed E-state index contributed by atoms with van der Waals surface area (Å²) in [6, 6.07) is 7.74. The highest BCUT2D eigenvalue weighted by Crippen LogP contribution is 2.37. The highest BCUT2D eigenvalue weighted by molar-refractivity contribution is 7.47. The first kappa shape index (κ1) is 23.8. The van der Waals surface area contributed by atoms with Crippen LogP contribution in [0.5, 0.6) is 5.75 Å². The van der Waals surface area contributed by atoms with Crippen LogP contribution in [-0.4, -0.2) is 46.9 Å². The Kier molecular flexibility index (Phi) is 8.27. The number of hydrogen-bond donors (Lipinski definition) is 3. The first-order valence-electron chi connectivity index (χ1n) is 10.2. The second kappa shape index (κ2) is 11.1. The van der Waals surface area contributed by atoms with Crippen LogP contribution < -0.4 is 10.9 Å². The lowest BCUT2D eigenvalue weighted by Crippen LogP contribution is -2.31. The number of aromatic nitrogens is 2. The normalized spacial score (nSPS) is 11.2. The Morgan fingerprint density at radius 2 is 1.88 bits per heavy atom. The molecular weight excluding hydrogens is 436 g/mol. The van der Waals surface area contributed by atoms with E-state index in [2.05, 4.69) is 15.3 Å². The molecule has 3 aromatic rings. The Hall–Kier alpha value is -2.87. The van der Waals surface area contributed by atoms with Crippen molar-refractivity contribution in [2.45, 2.75) is 20.3 Å². The molecule has 170 valence electrons. The third kappa shape index (κ3) is 5.88. The highest BCUT2D eigenvalue weighted by Gasteiger charge is 2.20. The van der Waals surface area contributed by atoms with Crippen LogP contribution in [0.1, 0.15) is 35.3 Å². The van der Waals surface area contributed by atoms with E-state index >= 15 is 0 Å². The average molecular weight is 461 g/mol. The molecule has 0 aliphatic heterocycles. The maximum atomic E-state index is 13.1. The van der Waals surface area contributed by atoms with E-state index in [1.165, 1.54) is 12.1 Å². The Morgan fingerprint density at radius 3 is 2.53 bits per heavy atom. The number of hydrogen-bond acceptors (Lipinski definition) is 6. The number of amides is 1. The second-order valence-electron chi connectivity index (χ2n) is 6.87. The van der Waals surface area contributed by atoms with Crippen LogP contribution in [0.15, 0.2) is 41.3 Å². The number of benzene rings is 1. The minimum absolute atomic E-state index is 0.114. The standard InChI is InChI=1S/C22H25FN3O5P/c1-3-30-32(31-4-2)10-9-24-21(28)18-20(27)19-17(26-22(18)29)12-15(13-25-19)11-14-5-7-16(23)8-6-14/h5-8,12-13H,3-4,9-11H2,1-2H3,(H,24,28)(H2,26,27,29). The van der Waals surface area contributed by atoms with Gasteiger partial charge in [-0.2, -0.15) is 0 Å². The summed E-state index contributed by atoms with van der Waals surface area (Å²) in [5.41, 5.74) is 0.938. The van der Waals surface area contributed by atoms with Crippen molar-refractivity contribution in [2.75, 3.05) is 25.9 Å². The molecule has 10 heteroatoms. The molecule has 0 atom stereocenters. The molecule has 0 aliphatic rings. The second-order valence-corrected chi connectivity index (χ2v) is 8.50. The van der Waals surface area contributed by atoms with Gasteiger partial charge in [0.2, 0.25) is 0 Å². The van der Waals surface area contributed by atoms with Gasteiger partial charge in [-0.15, -0.1) is 0 Å². The molecule has 0 fully saturated rings. The average Bonchev–Trinajstić information content (AvgIpc) is 2.75. The molecule has 8 nitrogen and oxygen atoms in total. The van der Waals surface area contributed by atoms with Crippen molar-refractivity contribution < 1.29 is 23.3 Å². The summed E-state index contributed by atoms with van der Waals surface area (Å²) in [5, 5.41) is 13.2. The molecule has 3 N–H and O–H groups in total. The van der Waals surface area contributed by atoms with Gasteiger partial charge in [0, 0.05) is 18.9 Å². The molecule has 0 aliphatic carbocycles. The van der Waals surface area contributed by atoms with Gasteiger partial charge in [-0.05, 0) is 49.6 Å². The van der Waals surface area contributed by atoms with Crippen molar-refractivity contribution in [3.05, 3.63) is 69.4 Å². The maximum Gasteiger partial charge on any atom is 0.265 e.